The first-order chi connectivity index (χ1) is 17.8. The summed E-state index contributed by atoms with van der Waals surface area (Å²) in [5.41, 5.74) is 6.94. The molecule has 1 saturated heterocycles. The number of nitrogen functional groups attached to an aromatic ring is 1. The molecule has 0 unspecified atom stereocenters. The molecule has 5 heterocycles. The molecular weight excluding hydrogens is 544 g/mol. The number of carbonyl (C=O) groups is 3. The van der Waals surface area contributed by atoms with Gasteiger partial charge in [0.05, 0.1) is 0 Å². The minimum atomic E-state index is -1.22. The van der Waals surface area contributed by atoms with Crippen molar-refractivity contribution in [1.82, 2.24) is 24.8 Å². The number of imidazole rings is 1. The highest BCUT2D eigenvalue weighted by atomic mass is 35.5. The normalized spacial score (nSPS) is 19.6. The first kappa shape index (κ1) is 25.0. The number of rotatable bonds is 8. The lowest BCUT2D eigenvalue weighted by atomic mass is 10.0. The number of β-lactam (4-membered cyclic amide) rings is 1. The van der Waals surface area contributed by atoms with Crippen LogP contribution in [0, 0.1) is 0 Å². The van der Waals surface area contributed by atoms with Gasteiger partial charge in [0.15, 0.2) is 22.2 Å². The molecule has 1 fully saturated rings. The topological polar surface area (TPSA) is 168 Å². The zero-order valence-electron chi connectivity index (χ0n) is 19.2. The van der Waals surface area contributed by atoms with Crippen LogP contribution >= 0.6 is 34.7 Å². The van der Waals surface area contributed by atoms with E-state index in [0.29, 0.717) is 22.1 Å². The summed E-state index contributed by atoms with van der Waals surface area (Å²) in [5.74, 6) is -2.09. The lowest BCUT2D eigenvalue weighted by Gasteiger charge is -2.49. The van der Waals surface area contributed by atoms with E-state index in [2.05, 4.69) is 20.6 Å². The van der Waals surface area contributed by atoms with Crippen LogP contribution in [0.4, 0.5) is 5.13 Å². The summed E-state index contributed by atoms with van der Waals surface area (Å²) in [4.78, 5) is 48.6. The third-order valence-electron chi connectivity index (χ3n) is 5.65. The van der Waals surface area contributed by atoms with Crippen LogP contribution in [0.15, 0.2) is 46.3 Å². The average Bonchev–Trinajstić information content (AvgIpc) is 3.47. The van der Waals surface area contributed by atoms with Crippen LogP contribution in [0.5, 0.6) is 0 Å². The molecule has 0 spiro atoms. The Hall–Kier alpha value is -3.69. The number of nitrogens with zero attached hydrogens (tertiary/aromatic N) is 6. The Balaban J connectivity index is 1.37. The number of fused-ring (bicyclic) bond motifs is 2. The largest absolute Gasteiger partial charge is 0.477 e. The number of aromatic nitrogens is 4. The van der Waals surface area contributed by atoms with Crippen molar-refractivity contribution in [2.24, 2.45) is 5.16 Å². The van der Waals surface area contributed by atoms with Crippen LogP contribution < -0.4 is 15.6 Å². The van der Waals surface area contributed by atoms with Gasteiger partial charge in [0.2, 0.25) is 0 Å². The van der Waals surface area contributed by atoms with Crippen molar-refractivity contribution in [1.29, 1.82) is 0 Å². The van der Waals surface area contributed by atoms with E-state index in [-0.39, 0.29) is 35.4 Å². The number of nitrogens with one attached hydrogen (secondary N) is 1. The highest BCUT2D eigenvalue weighted by Gasteiger charge is 2.54. The molecule has 0 radical (unpaired) electrons. The van der Waals surface area contributed by atoms with E-state index >= 15 is 0 Å². The van der Waals surface area contributed by atoms with Crippen LogP contribution in [-0.4, -0.2) is 71.9 Å². The van der Waals surface area contributed by atoms with E-state index in [1.165, 1.54) is 16.7 Å². The second-order valence-electron chi connectivity index (χ2n) is 7.93. The molecule has 0 saturated carbocycles. The Morgan fingerprint density at radius 2 is 2.24 bits per heavy atom. The van der Waals surface area contributed by atoms with Gasteiger partial charge < -0.3 is 21.0 Å². The molecule has 2 atom stereocenters. The van der Waals surface area contributed by atoms with E-state index in [0.717, 1.165) is 11.3 Å². The van der Waals surface area contributed by atoms with E-state index < -0.39 is 29.2 Å². The molecule has 192 valence electrons. The number of amides is 2. The second-order valence-corrected chi connectivity index (χ2v) is 10.3. The first-order valence-corrected chi connectivity index (χ1v) is 13.2. The van der Waals surface area contributed by atoms with Crippen molar-refractivity contribution >= 4 is 69.0 Å². The molecule has 2 aliphatic heterocycles. The lowest BCUT2D eigenvalue weighted by Crippen LogP contribution is -2.71. The van der Waals surface area contributed by atoms with Crippen LogP contribution in [0.3, 0.4) is 0 Å². The number of nitrogens with two attached hydrogens (primary N) is 1. The third kappa shape index (κ3) is 4.60. The van der Waals surface area contributed by atoms with E-state index in [1.807, 2.05) is 4.57 Å². The number of thiazole rings is 1. The van der Waals surface area contributed by atoms with E-state index in [9.17, 15) is 19.5 Å². The van der Waals surface area contributed by atoms with Crippen molar-refractivity contribution < 1.29 is 28.9 Å². The van der Waals surface area contributed by atoms with Crippen LogP contribution in [0.1, 0.15) is 12.6 Å². The zero-order valence-corrected chi connectivity index (χ0v) is 21.6. The maximum absolute atomic E-state index is 13.1. The molecule has 13 nitrogen and oxygen atoms in total. The molecule has 2 amide bonds. The highest BCUT2D eigenvalue weighted by molar-refractivity contribution is 8.00. The van der Waals surface area contributed by atoms with Gasteiger partial charge in [-0.05, 0) is 13.0 Å². The van der Waals surface area contributed by atoms with Gasteiger partial charge in [0.25, 0.3) is 11.8 Å². The van der Waals surface area contributed by atoms with Crippen molar-refractivity contribution in [3.8, 4) is 0 Å². The van der Waals surface area contributed by atoms with Crippen LogP contribution in [0.25, 0.3) is 5.65 Å². The molecule has 3 aromatic rings. The number of thioether (sulfide) groups is 1. The summed E-state index contributed by atoms with van der Waals surface area (Å²) in [6, 6.07) is 2.47. The summed E-state index contributed by atoms with van der Waals surface area (Å²) < 4.78 is 3.40. The molecular formula is C21H20ClN8O5S2+. The van der Waals surface area contributed by atoms with Gasteiger partial charge in [-0.3, -0.25) is 14.5 Å². The van der Waals surface area contributed by atoms with Gasteiger partial charge in [-0.1, -0.05) is 26.4 Å². The van der Waals surface area contributed by atoms with Crippen LogP contribution in [0.2, 0.25) is 5.15 Å². The van der Waals surface area contributed by atoms with Crippen LogP contribution in [-0.2, 0) is 25.8 Å². The maximum atomic E-state index is 13.1. The predicted octanol–water partition coefficient (Wildman–Crippen LogP) is 0.493. The number of hydrogen-bond donors (Lipinski definition) is 3. The lowest BCUT2D eigenvalue weighted by molar-refractivity contribution is -0.662. The van der Waals surface area contributed by atoms with E-state index in [1.54, 1.807) is 41.3 Å². The van der Waals surface area contributed by atoms with Crippen molar-refractivity contribution in [3.63, 3.8) is 0 Å². The Morgan fingerprint density at radius 1 is 1.43 bits per heavy atom. The zero-order chi connectivity index (χ0) is 26.3. The fraction of sp³-hybridized carbons (Fsp3) is 0.286. The second kappa shape index (κ2) is 9.99. The number of carbonyl (C=O) groups excluding carboxylic acids is 2. The number of anilines is 1. The smallest absolute Gasteiger partial charge is 0.352 e. The van der Waals surface area contributed by atoms with Gasteiger partial charge in [-0.2, -0.15) is 0 Å². The summed E-state index contributed by atoms with van der Waals surface area (Å²) in [6.45, 7) is 2.16. The highest BCUT2D eigenvalue weighted by Crippen LogP contribution is 2.40. The van der Waals surface area contributed by atoms with Gasteiger partial charge in [-0.25, -0.2) is 14.3 Å². The summed E-state index contributed by atoms with van der Waals surface area (Å²) >= 11 is 8.44. The fourth-order valence-corrected chi connectivity index (χ4v) is 6.08. The number of halogens is 1. The summed E-state index contributed by atoms with van der Waals surface area (Å²) in [6.07, 6.45) is 3.46. The predicted molar refractivity (Wildman–Crippen MR) is 135 cm³/mol. The molecule has 2 aliphatic rings. The SMILES string of the molecule is CCO/N=C(\C(=O)N[C@@H]1C(=O)N2C(C(=O)O)=C(C[n+]3ccn4nc(Cl)ccc43)CS[C@H]12)c1csc(N)n1. The van der Waals surface area contributed by atoms with E-state index in [4.69, 9.17) is 22.2 Å². The van der Waals surface area contributed by atoms with Gasteiger partial charge in [-0.15, -0.1) is 23.1 Å². The maximum Gasteiger partial charge on any atom is 0.352 e. The number of oxime groups is 1. The minimum Gasteiger partial charge on any atom is -0.477 e. The van der Waals surface area contributed by atoms with Gasteiger partial charge in [0.1, 0.15) is 42.2 Å². The monoisotopic (exact) mass is 563 g/mol. The molecule has 37 heavy (non-hydrogen) atoms. The first-order valence-electron chi connectivity index (χ1n) is 10.9. The molecule has 0 aliphatic carbocycles. The van der Waals surface area contributed by atoms with Crippen molar-refractivity contribution in [3.05, 3.63) is 52.0 Å². The number of carboxylic acids is 1. The quantitative estimate of drug-likeness (QED) is 0.153. The molecule has 3 aromatic heterocycles. The molecule has 5 rings (SSSR count). The van der Waals surface area contributed by atoms with Gasteiger partial charge >= 0.3 is 11.6 Å². The summed E-state index contributed by atoms with van der Waals surface area (Å²) in [7, 11) is 0. The fourth-order valence-electron chi connectivity index (χ4n) is 4.05. The molecule has 4 N–H and O–H groups in total. The average molecular weight is 564 g/mol. The van der Waals surface area contributed by atoms with Crippen molar-refractivity contribution in [2.45, 2.75) is 24.9 Å². The Morgan fingerprint density at radius 3 is 2.95 bits per heavy atom. The molecule has 0 bridgehead atoms. The molecule has 16 heteroatoms. The number of aliphatic carboxylic acids is 1. The minimum absolute atomic E-state index is 0.0940. The Bertz CT molecular complexity index is 1480. The van der Waals surface area contributed by atoms with Gasteiger partial charge in [0, 0.05) is 22.8 Å². The third-order valence-corrected chi connectivity index (χ3v) is 7.87. The Labute approximate surface area is 222 Å². The number of hydrogen-bond acceptors (Lipinski definition) is 10. The molecule has 0 aromatic carbocycles. The Kier molecular flexibility index (Phi) is 6.74. The van der Waals surface area contributed by atoms with Crippen molar-refractivity contribution in [2.75, 3.05) is 18.1 Å². The summed E-state index contributed by atoms with van der Waals surface area (Å²) in [5, 5.41) is 22.2. The number of carboxylic acid groups (broad SMARTS) is 1. The standard InChI is InChI=1S/C21H19ClN8O5S2/c1-2-35-27-14(11-9-37-21(23)24-11)17(31)25-15-18(32)30-16(20(33)34)10(8-36-19(15)30)7-28-5-6-29-13(28)4-3-12(22)26-29/h3-6,9,15,19H,2,7-8H2,1H3,(H3-,23,24,25,31,33,34)/p+1/b27-14-/t15-,19-/m1/s1.